The van der Waals surface area contributed by atoms with E-state index in [9.17, 15) is 4.79 Å². The maximum absolute atomic E-state index is 11.9. The molecule has 21 heavy (non-hydrogen) atoms. The second kappa shape index (κ2) is 3.25. The minimum atomic E-state index is 0.111. The van der Waals surface area contributed by atoms with Gasteiger partial charge in [0.1, 0.15) is 0 Å². The highest BCUT2D eigenvalue weighted by atomic mass is 16.1. The van der Waals surface area contributed by atoms with Crippen molar-refractivity contribution in [3.8, 4) is 0 Å². The van der Waals surface area contributed by atoms with Crippen molar-refractivity contribution in [2.75, 3.05) is 13.6 Å². The zero-order valence-electron chi connectivity index (χ0n) is 12.8. The number of nitrogens with zero attached hydrogens (tertiary/aromatic N) is 2. The Labute approximate surface area is 124 Å². The van der Waals surface area contributed by atoms with Gasteiger partial charge in [-0.05, 0) is 42.5 Å². The number of likely N-dealkylation sites (tertiary alicyclic amines) is 1. The minimum absolute atomic E-state index is 0.111. The summed E-state index contributed by atoms with van der Waals surface area (Å²) < 4.78 is 1.84. The van der Waals surface area contributed by atoms with Gasteiger partial charge in [0, 0.05) is 36.5 Å². The number of benzene rings is 1. The van der Waals surface area contributed by atoms with Crippen LogP contribution in [0.15, 0.2) is 24.4 Å². The summed E-state index contributed by atoms with van der Waals surface area (Å²) in [5, 5.41) is 1.36. The number of hydrogen-bond donors (Lipinski definition) is 0. The molecule has 108 valence electrons. The zero-order valence-corrected chi connectivity index (χ0v) is 12.8. The summed E-state index contributed by atoms with van der Waals surface area (Å²) >= 11 is 0. The summed E-state index contributed by atoms with van der Waals surface area (Å²) in [6, 6.07) is 7.14. The Kier molecular flexibility index (Phi) is 1.85. The lowest BCUT2D eigenvalue weighted by Crippen LogP contribution is -2.40. The van der Waals surface area contributed by atoms with E-state index >= 15 is 0 Å². The molecule has 0 amide bonds. The predicted octanol–water partition coefficient (Wildman–Crippen LogP) is 2.82. The summed E-state index contributed by atoms with van der Waals surface area (Å²) in [6.45, 7) is 5.29. The molecule has 2 aromatic rings. The first kappa shape index (κ1) is 12.0. The molecule has 0 bridgehead atoms. The third kappa shape index (κ3) is 1.12. The highest BCUT2D eigenvalue weighted by Gasteiger charge is 2.74. The average molecular weight is 280 g/mol. The lowest BCUT2D eigenvalue weighted by Gasteiger charge is -2.34. The molecule has 0 radical (unpaired) electrons. The van der Waals surface area contributed by atoms with E-state index in [1.807, 2.05) is 4.57 Å². The summed E-state index contributed by atoms with van der Waals surface area (Å²) in [7, 11) is 2.26. The number of hydrogen-bond acceptors (Lipinski definition) is 2. The number of aromatic nitrogens is 1. The molecule has 1 aromatic carbocycles. The molecule has 2 heterocycles. The lowest BCUT2D eigenvalue weighted by atomic mass is 9.75. The topological polar surface area (TPSA) is 25.2 Å². The second-order valence-corrected chi connectivity index (χ2v) is 7.59. The van der Waals surface area contributed by atoms with Crippen LogP contribution in [0.2, 0.25) is 0 Å². The Morgan fingerprint density at radius 1 is 1.38 bits per heavy atom. The summed E-state index contributed by atoms with van der Waals surface area (Å²) in [6.07, 6.45) is 4.47. The molecule has 3 nitrogen and oxygen atoms in total. The van der Waals surface area contributed by atoms with Crippen LogP contribution in [0.4, 0.5) is 0 Å². The molecule has 1 aromatic heterocycles. The molecular formula is C18H20N2O. The molecule has 3 atom stereocenters. The molecule has 3 heteroatoms. The van der Waals surface area contributed by atoms with Gasteiger partial charge >= 0.3 is 0 Å². The first-order valence-electron chi connectivity index (χ1n) is 7.83. The molecule has 1 spiro atoms. The largest absolute Gasteiger partial charge is 0.302 e. The van der Waals surface area contributed by atoms with Crippen LogP contribution in [0.1, 0.15) is 36.2 Å². The van der Waals surface area contributed by atoms with Gasteiger partial charge in [-0.3, -0.25) is 9.36 Å². The molecule has 2 fully saturated rings. The Morgan fingerprint density at radius 2 is 2.19 bits per heavy atom. The van der Waals surface area contributed by atoms with Gasteiger partial charge in [0.15, 0.2) is 0 Å². The number of carbonyl (C=O) groups excluding carboxylic acids is 1. The second-order valence-electron chi connectivity index (χ2n) is 7.59. The molecule has 1 saturated heterocycles. The highest BCUT2D eigenvalue weighted by Crippen LogP contribution is 2.73. The smallest absolute Gasteiger partial charge is 0.227 e. The molecule has 5 rings (SSSR count). The van der Waals surface area contributed by atoms with E-state index in [4.69, 9.17) is 0 Å². The Bertz CT molecular complexity index is 820. The minimum Gasteiger partial charge on any atom is -0.302 e. The van der Waals surface area contributed by atoms with Crippen LogP contribution < -0.4 is 0 Å². The van der Waals surface area contributed by atoms with Gasteiger partial charge in [-0.2, -0.15) is 0 Å². The third-order valence-corrected chi connectivity index (χ3v) is 6.46. The summed E-state index contributed by atoms with van der Waals surface area (Å²) in [5.74, 6) is 0.111. The standard InChI is InChI=1S/C18H20N2O/c1-11(21)20-8-12-7-15-18(9-17(18,2)10-19(15)3)13-5-4-6-14(20)16(12)13/h4-6,8,15H,7,9-10H2,1-3H3. The van der Waals surface area contributed by atoms with Crippen LogP contribution in [0.3, 0.4) is 0 Å². The van der Waals surface area contributed by atoms with E-state index in [-0.39, 0.29) is 5.91 Å². The zero-order chi connectivity index (χ0) is 14.6. The van der Waals surface area contributed by atoms with Crippen LogP contribution in [0.25, 0.3) is 10.9 Å². The monoisotopic (exact) mass is 280 g/mol. The third-order valence-electron chi connectivity index (χ3n) is 6.46. The SMILES string of the molecule is CC(=O)n1cc2c3c(cccc31)C13CC1(C)CN(C)C3C2. The van der Waals surface area contributed by atoms with E-state index in [1.165, 1.54) is 29.5 Å². The predicted molar refractivity (Wildman–Crippen MR) is 82.8 cm³/mol. The quantitative estimate of drug-likeness (QED) is 0.741. The van der Waals surface area contributed by atoms with Crippen LogP contribution in [0.5, 0.6) is 0 Å². The average Bonchev–Trinajstić information content (AvgIpc) is 2.76. The molecule has 2 aliphatic carbocycles. The molecular weight excluding hydrogens is 260 g/mol. The van der Waals surface area contributed by atoms with Crippen LogP contribution in [0, 0.1) is 5.41 Å². The van der Waals surface area contributed by atoms with Crippen molar-refractivity contribution < 1.29 is 4.79 Å². The number of rotatable bonds is 0. The van der Waals surface area contributed by atoms with Crippen molar-refractivity contribution in [3.63, 3.8) is 0 Å². The number of piperidine rings is 1. The van der Waals surface area contributed by atoms with Crippen molar-refractivity contribution in [1.29, 1.82) is 0 Å². The van der Waals surface area contributed by atoms with Crippen LogP contribution >= 0.6 is 0 Å². The maximum Gasteiger partial charge on any atom is 0.227 e. The molecule has 1 saturated carbocycles. The summed E-state index contributed by atoms with van der Waals surface area (Å²) in [5.41, 5.74) is 4.72. The van der Waals surface area contributed by atoms with Crippen molar-refractivity contribution in [2.45, 2.75) is 38.1 Å². The van der Waals surface area contributed by atoms with Gasteiger partial charge in [0.25, 0.3) is 0 Å². The van der Waals surface area contributed by atoms with E-state index in [0.717, 1.165) is 11.9 Å². The van der Waals surface area contributed by atoms with Gasteiger partial charge in [0.05, 0.1) is 5.52 Å². The van der Waals surface area contributed by atoms with E-state index in [0.29, 0.717) is 16.9 Å². The van der Waals surface area contributed by atoms with Crippen molar-refractivity contribution >= 4 is 16.8 Å². The van der Waals surface area contributed by atoms with Crippen molar-refractivity contribution in [1.82, 2.24) is 9.47 Å². The molecule has 0 N–H and O–H groups in total. The van der Waals surface area contributed by atoms with E-state index in [2.05, 4.69) is 43.3 Å². The van der Waals surface area contributed by atoms with E-state index < -0.39 is 0 Å². The lowest BCUT2D eigenvalue weighted by molar-refractivity contribution is 0.0941. The number of likely N-dealkylation sites (N-methyl/N-ethyl adjacent to an activating group) is 1. The molecule has 3 unspecified atom stereocenters. The van der Waals surface area contributed by atoms with Crippen LogP contribution in [-0.4, -0.2) is 35.0 Å². The Hall–Kier alpha value is -1.61. The van der Waals surface area contributed by atoms with Crippen molar-refractivity contribution in [2.24, 2.45) is 5.41 Å². The van der Waals surface area contributed by atoms with Gasteiger partial charge in [-0.1, -0.05) is 19.1 Å². The molecule has 3 aliphatic rings. The Balaban J connectivity index is 1.87. The Morgan fingerprint density at radius 3 is 2.95 bits per heavy atom. The maximum atomic E-state index is 11.9. The first-order valence-corrected chi connectivity index (χ1v) is 7.83. The van der Waals surface area contributed by atoms with Gasteiger partial charge < -0.3 is 4.90 Å². The van der Waals surface area contributed by atoms with Gasteiger partial charge in [-0.15, -0.1) is 0 Å². The summed E-state index contributed by atoms with van der Waals surface area (Å²) in [4.78, 5) is 14.5. The van der Waals surface area contributed by atoms with Gasteiger partial charge in [0.2, 0.25) is 5.91 Å². The van der Waals surface area contributed by atoms with Gasteiger partial charge in [-0.25, -0.2) is 0 Å². The molecule has 1 aliphatic heterocycles. The number of carbonyl (C=O) groups is 1. The van der Waals surface area contributed by atoms with Crippen molar-refractivity contribution in [3.05, 3.63) is 35.5 Å². The highest BCUT2D eigenvalue weighted by molar-refractivity contribution is 5.97. The fourth-order valence-corrected chi connectivity index (χ4v) is 5.62. The van der Waals surface area contributed by atoms with Crippen LogP contribution in [-0.2, 0) is 11.8 Å². The normalized spacial score (nSPS) is 36.6. The first-order chi connectivity index (χ1) is 9.98. The fraction of sp³-hybridized carbons (Fsp3) is 0.500. The van der Waals surface area contributed by atoms with E-state index in [1.54, 1.807) is 6.92 Å². The fourth-order valence-electron chi connectivity index (χ4n) is 5.62.